The van der Waals surface area contributed by atoms with Crippen LogP contribution in [-0.4, -0.2) is 0 Å². The Balaban J connectivity index is 2.97. The molecule has 1 rings (SSSR count). The molecule has 0 saturated heterocycles. The van der Waals surface area contributed by atoms with Gasteiger partial charge in [0.1, 0.15) is 0 Å². The van der Waals surface area contributed by atoms with E-state index in [1.54, 1.807) is 0 Å². The van der Waals surface area contributed by atoms with Crippen molar-refractivity contribution in [1.29, 1.82) is 0 Å². The molecule has 0 amide bonds. The Morgan fingerprint density at radius 1 is 1.25 bits per heavy atom. The van der Waals surface area contributed by atoms with E-state index in [0.717, 1.165) is 11.1 Å². The van der Waals surface area contributed by atoms with Gasteiger partial charge in [-0.3, -0.25) is 0 Å². The molecule has 1 heteroatoms. The zero-order chi connectivity index (χ0) is 8.81. The van der Waals surface area contributed by atoms with Gasteiger partial charge in [0.2, 0.25) is 0 Å². The summed E-state index contributed by atoms with van der Waals surface area (Å²) in [5.74, 6) is 0. The highest BCUT2D eigenvalue weighted by Crippen LogP contribution is 2.14. The van der Waals surface area contributed by atoms with E-state index in [9.17, 15) is 4.39 Å². The summed E-state index contributed by atoms with van der Waals surface area (Å²) in [4.78, 5) is 0. The van der Waals surface area contributed by atoms with Crippen molar-refractivity contribution in [3.8, 4) is 0 Å². The highest BCUT2D eigenvalue weighted by Gasteiger charge is 1.93. The van der Waals surface area contributed by atoms with Gasteiger partial charge in [0.15, 0.2) is 0 Å². The predicted molar refractivity (Wildman–Crippen MR) is 50.3 cm³/mol. The van der Waals surface area contributed by atoms with Crippen molar-refractivity contribution in [2.24, 2.45) is 0 Å². The van der Waals surface area contributed by atoms with Crippen molar-refractivity contribution < 1.29 is 4.39 Å². The molecule has 0 radical (unpaired) electrons. The Morgan fingerprint density at radius 3 is 2.42 bits per heavy atom. The average molecular weight is 162 g/mol. The zero-order valence-electron chi connectivity index (χ0n) is 7.00. The van der Waals surface area contributed by atoms with Crippen LogP contribution in [0, 0.1) is 0 Å². The van der Waals surface area contributed by atoms with Crippen molar-refractivity contribution in [2.45, 2.75) is 6.92 Å². The van der Waals surface area contributed by atoms with Crippen LogP contribution in [0.3, 0.4) is 0 Å². The van der Waals surface area contributed by atoms with Crippen LogP contribution < -0.4 is 0 Å². The van der Waals surface area contributed by atoms with Crippen LogP contribution >= 0.6 is 0 Å². The Bertz CT molecular complexity index is 283. The van der Waals surface area contributed by atoms with Crippen molar-refractivity contribution in [2.75, 3.05) is 0 Å². The molecule has 0 unspecified atom stereocenters. The summed E-state index contributed by atoms with van der Waals surface area (Å²) in [5, 5.41) is 0. The average Bonchev–Trinajstić information content (AvgIpc) is 2.15. The zero-order valence-corrected chi connectivity index (χ0v) is 7.00. The first-order valence-corrected chi connectivity index (χ1v) is 3.87. The summed E-state index contributed by atoms with van der Waals surface area (Å²) in [6, 6.07) is 9.72. The first-order chi connectivity index (χ1) is 5.88. The van der Waals surface area contributed by atoms with Crippen molar-refractivity contribution >= 4 is 5.57 Å². The van der Waals surface area contributed by atoms with Gasteiger partial charge in [-0.2, -0.15) is 0 Å². The molecule has 0 aliphatic rings. The smallest absolute Gasteiger partial charge is 0.0872 e. The second-order valence-corrected chi connectivity index (χ2v) is 2.40. The van der Waals surface area contributed by atoms with Crippen LogP contribution in [0.2, 0.25) is 0 Å². The lowest BCUT2D eigenvalue weighted by molar-refractivity contribution is 0.722. The normalized spacial score (nSPS) is 12.3. The third kappa shape index (κ3) is 2.06. The summed E-state index contributed by atoms with van der Waals surface area (Å²) >= 11 is 0. The Hall–Kier alpha value is -1.37. The molecular weight excluding hydrogens is 151 g/mol. The van der Waals surface area contributed by atoms with Gasteiger partial charge in [0.25, 0.3) is 0 Å². The van der Waals surface area contributed by atoms with E-state index in [0.29, 0.717) is 6.33 Å². The molecule has 0 aliphatic carbocycles. The molecule has 0 aliphatic heterocycles. The summed E-state index contributed by atoms with van der Waals surface area (Å²) in [6.45, 7) is 1.89. The molecule has 0 atom stereocenters. The second-order valence-electron chi connectivity index (χ2n) is 2.40. The number of hydrogen-bond donors (Lipinski definition) is 0. The largest absolute Gasteiger partial charge is 0.216 e. The van der Waals surface area contributed by atoms with Gasteiger partial charge in [-0.1, -0.05) is 36.4 Å². The molecule has 0 bridgehead atoms. The fourth-order valence-electron chi connectivity index (χ4n) is 1.06. The molecule has 0 heterocycles. The summed E-state index contributed by atoms with van der Waals surface area (Å²) < 4.78 is 11.9. The number of hydrogen-bond acceptors (Lipinski definition) is 0. The minimum absolute atomic E-state index is 0.558. The second kappa shape index (κ2) is 4.50. The van der Waals surface area contributed by atoms with Gasteiger partial charge in [-0.05, 0) is 24.1 Å². The standard InChI is InChI=1S/C11H11F/c1-2-10(8-9-12)11-6-4-3-5-7-11/h2-9H,1H3/b9-8+,10-2+. The maximum Gasteiger partial charge on any atom is 0.0872 e. The molecule has 0 N–H and O–H groups in total. The highest BCUT2D eigenvalue weighted by atomic mass is 19.1. The number of benzene rings is 1. The summed E-state index contributed by atoms with van der Waals surface area (Å²) in [5.41, 5.74) is 1.94. The molecule has 0 fully saturated rings. The molecule has 62 valence electrons. The summed E-state index contributed by atoms with van der Waals surface area (Å²) in [6.07, 6.45) is 3.89. The fraction of sp³-hybridized carbons (Fsp3) is 0.0909. The highest BCUT2D eigenvalue weighted by molar-refractivity contribution is 5.73. The molecule has 12 heavy (non-hydrogen) atoms. The first kappa shape index (κ1) is 8.72. The SMILES string of the molecule is C/C=C(\C=C\F)c1ccccc1. The Labute approximate surface area is 72.0 Å². The van der Waals surface area contributed by atoms with E-state index in [2.05, 4.69) is 0 Å². The lowest BCUT2D eigenvalue weighted by Gasteiger charge is -1.98. The lowest BCUT2D eigenvalue weighted by atomic mass is 10.1. The van der Waals surface area contributed by atoms with E-state index >= 15 is 0 Å². The minimum atomic E-state index is 0.558. The van der Waals surface area contributed by atoms with E-state index in [4.69, 9.17) is 0 Å². The van der Waals surface area contributed by atoms with Crippen molar-refractivity contribution in [3.05, 3.63) is 54.4 Å². The monoisotopic (exact) mass is 162 g/mol. The van der Waals surface area contributed by atoms with Crippen LogP contribution in [0.25, 0.3) is 5.57 Å². The third-order valence-corrected chi connectivity index (χ3v) is 1.66. The molecule has 0 nitrogen and oxygen atoms in total. The Kier molecular flexibility index (Phi) is 3.27. The maximum absolute atomic E-state index is 11.9. The van der Waals surface area contributed by atoms with Crippen LogP contribution in [0.1, 0.15) is 12.5 Å². The topological polar surface area (TPSA) is 0 Å². The fourth-order valence-corrected chi connectivity index (χ4v) is 1.06. The van der Waals surface area contributed by atoms with E-state index in [1.807, 2.05) is 43.3 Å². The molecule has 0 spiro atoms. The van der Waals surface area contributed by atoms with Crippen LogP contribution in [-0.2, 0) is 0 Å². The van der Waals surface area contributed by atoms with Gasteiger partial charge < -0.3 is 0 Å². The maximum atomic E-state index is 11.9. The van der Waals surface area contributed by atoms with Crippen molar-refractivity contribution in [3.63, 3.8) is 0 Å². The van der Waals surface area contributed by atoms with Crippen molar-refractivity contribution in [1.82, 2.24) is 0 Å². The quantitative estimate of drug-likeness (QED) is 0.583. The molecular formula is C11H11F. The van der Waals surface area contributed by atoms with Gasteiger partial charge in [0, 0.05) is 0 Å². The number of allylic oxidation sites excluding steroid dienone is 3. The first-order valence-electron chi connectivity index (χ1n) is 3.87. The van der Waals surface area contributed by atoms with E-state index < -0.39 is 0 Å². The molecule has 0 saturated carbocycles. The molecule has 1 aromatic rings. The predicted octanol–water partition coefficient (Wildman–Crippen LogP) is 3.57. The van der Waals surface area contributed by atoms with Gasteiger partial charge >= 0.3 is 0 Å². The molecule has 1 aromatic carbocycles. The Morgan fingerprint density at radius 2 is 1.92 bits per heavy atom. The van der Waals surface area contributed by atoms with Crippen LogP contribution in [0.4, 0.5) is 4.39 Å². The number of halogens is 1. The van der Waals surface area contributed by atoms with Gasteiger partial charge in [-0.15, -0.1) is 0 Å². The van der Waals surface area contributed by atoms with Crippen LogP contribution in [0.5, 0.6) is 0 Å². The lowest BCUT2D eigenvalue weighted by Crippen LogP contribution is -1.77. The van der Waals surface area contributed by atoms with E-state index in [1.165, 1.54) is 6.08 Å². The minimum Gasteiger partial charge on any atom is -0.216 e. The summed E-state index contributed by atoms with van der Waals surface area (Å²) in [7, 11) is 0. The van der Waals surface area contributed by atoms with Gasteiger partial charge in [0.05, 0.1) is 6.33 Å². The van der Waals surface area contributed by atoms with Crippen LogP contribution in [0.15, 0.2) is 48.8 Å². The van der Waals surface area contributed by atoms with E-state index in [-0.39, 0.29) is 0 Å². The third-order valence-electron chi connectivity index (χ3n) is 1.66. The molecule has 0 aromatic heterocycles. The van der Waals surface area contributed by atoms with Gasteiger partial charge in [-0.25, -0.2) is 4.39 Å². The number of rotatable bonds is 2.